The van der Waals surface area contributed by atoms with Crippen LogP contribution >= 0.6 is 0 Å². The van der Waals surface area contributed by atoms with Gasteiger partial charge >= 0.3 is 23.9 Å². The van der Waals surface area contributed by atoms with E-state index in [-0.39, 0.29) is 68.4 Å². The number of hydrogen-bond donors (Lipinski definition) is 6. The standard InChI is InChI=1S/C31H32N2O13S/c1-17-7-21(9-19(29(17)42)11-32(13-25(34)35)14-26(36)37)31(23-5-3-4-6-24(23)47(44,45)46-31)22-8-18(2)30(43)20(10-22)12-33(15-27(38)39)16-28(40)41/h3-10,42-43H,11-16H2,1-2H3,(H,34,35)(H,36,37)(H,38,39)(H,40,41). The Kier molecular flexibility index (Phi) is 9.91. The molecule has 0 unspecified atom stereocenters. The van der Waals surface area contributed by atoms with E-state index >= 15 is 0 Å². The summed E-state index contributed by atoms with van der Waals surface area (Å²) in [6.07, 6.45) is 0. The van der Waals surface area contributed by atoms with Crippen LogP contribution in [0.1, 0.15) is 38.9 Å². The molecule has 0 aliphatic carbocycles. The third-order valence-electron chi connectivity index (χ3n) is 7.57. The van der Waals surface area contributed by atoms with Gasteiger partial charge < -0.3 is 30.6 Å². The number of carboxylic acids is 4. The third-order valence-corrected chi connectivity index (χ3v) is 8.93. The zero-order valence-electron chi connectivity index (χ0n) is 25.2. The van der Waals surface area contributed by atoms with Crippen molar-refractivity contribution >= 4 is 34.0 Å². The number of hydrogen-bond acceptors (Lipinski definition) is 11. The number of aryl methyl sites for hydroxylation is 2. The lowest BCUT2D eigenvalue weighted by Gasteiger charge is -2.32. The van der Waals surface area contributed by atoms with Crippen molar-refractivity contribution in [2.45, 2.75) is 37.4 Å². The van der Waals surface area contributed by atoms with Crippen molar-refractivity contribution in [1.82, 2.24) is 9.80 Å². The summed E-state index contributed by atoms with van der Waals surface area (Å²) < 4.78 is 33.0. The van der Waals surface area contributed by atoms with Gasteiger partial charge in [0.1, 0.15) is 16.4 Å². The van der Waals surface area contributed by atoms with Crippen LogP contribution in [0, 0.1) is 13.8 Å². The molecule has 0 bridgehead atoms. The van der Waals surface area contributed by atoms with E-state index in [1.165, 1.54) is 56.3 Å². The molecule has 6 N–H and O–H groups in total. The Bertz CT molecular complexity index is 1750. The first-order chi connectivity index (χ1) is 21.9. The summed E-state index contributed by atoms with van der Waals surface area (Å²) in [6.45, 7) is -0.434. The molecule has 0 aromatic heterocycles. The molecule has 1 heterocycles. The van der Waals surface area contributed by atoms with Gasteiger partial charge in [-0.2, -0.15) is 8.42 Å². The number of rotatable bonds is 14. The van der Waals surface area contributed by atoms with Crippen LogP contribution in [0.5, 0.6) is 11.5 Å². The van der Waals surface area contributed by atoms with Crippen LogP contribution in [0.25, 0.3) is 0 Å². The second-order valence-electron chi connectivity index (χ2n) is 11.2. The Morgan fingerprint density at radius 1 is 0.681 bits per heavy atom. The molecule has 3 aromatic carbocycles. The molecule has 4 rings (SSSR count). The SMILES string of the molecule is Cc1cc(C2(c3cc(C)c(O)c(CN(CC(=O)O)CC(=O)O)c3)OS(=O)(=O)c3ccccc32)cc(CN(CC(=O)O)CC(=O)O)c1O. The number of aliphatic carboxylic acids is 4. The Balaban J connectivity index is 2.00. The number of aromatic hydroxyl groups is 2. The molecule has 250 valence electrons. The molecule has 0 spiro atoms. The molecular formula is C31H32N2O13S. The third kappa shape index (κ3) is 7.36. The summed E-state index contributed by atoms with van der Waals surface area (Å²) >= 11 is 0. The van der Waals surface area contributed by atoms with Gasteiger partial charge in [0.25, 0.3) is 10.1 Å². The van der Waals surface area contributed by atoms with Gasteiger partial charge in [0.2, 0.25) is 0 Å². The summed E-state index contributed by atoms with van der Waals surface area (Å²) in [5.41, 5.74) is -0.973. The summed E-state index contributed by atoms with van der Waals surface area (Å²) in [5, 5.41) is 59.3. The minimum absolute atomic E-state index is 0.0667. The molecular weight excluding hydrogens is 640 g/mol. The second-order valence-corrected chi connectivity index (χ2v) is 12.7. The largest absolute Gasteiger partial charge is 0.507 e. The molecule has 0 amide bonds. The minimum atomic E-state index is -4.45. The average Bonchev–Trinajstić information content (AvgIpc) is 3.20. The van der Waals surface area contributed by atoms with Crippen molar-refractivity contribution in [3.8, 4) is 11.5 Å². The van der Waals surface area contributed by atoms with Gasteiger partial charge in [-0.25, -0.2) is 4.18 Å². The lowest BCUT2D eigenvalue weighted by Crippen LogP contribution is -2.35. The van der Waals surface area contributed by atoms with Crippen molar-refractivity contribution in [2.24, 2.45) is 0 Å². The van der Waals surface area contributed by atoms with Gasteiger partial charge in [0.05, 0.1) is 26.2 Å². The van der Waals surface area contributed by atoms with Crippen LogP contribution in [-0.2, 0) is 52.2 Å². The number of phenols is 2. The fourth-order valence-corrected chi connectivity index (χ4v) is 7.17. The molecule has 1 aliphatic rings. The maximum absolute atomic E-state index is 13.5. The van der Waals surface area contributed by atoms with E-state index in [0.29, 0.717) is 0 Å². The van der Waals surface area contributed by atoms with Crippen LogP contribution in [-0.4, -0.2) is 98.9 Å². The van der Waals surface area contributed by atoms with E-state index in [1.54, 1.807) is 6.07 Å². The number of carboxylic acid groups (broad SMARTS) is 4. The Labute approximate surface area is 268 Å². The van der Waals surface area contributed by atoms with Gasteiger partial charge in [-0.1, -0.05) is 18.2 Å². The minimum Gasteiger partial charge on any atom is -0.507 e. The number of fused-ring (bicyclic) bond motifs is 1. The van der Waals surface area contributed by atoms with Crippen LogP contribution < -0.4 is 0 Å². The smallest absolute Gasteiger partial charge is 0.317 e. The fourth-order valence-electron chi connectivity index (χ4n) is 5.74. The lowest BCUT2D eigenvalue weighted by atomic mass is 9.78. The normalized spacial score (nSPS) is 14.6. The van der Waals surface area contributed by atoms with Crippen LogP contribution in [0.3, 0.4) is 0 Å². The van der Waals surface area contributed by atoms with Gasteiger partial charge in [-0.3, -0.25) is 29.0 Å². The molecule has 0 radical (unpaired) electrons. The first-order valence-corrected chi connectivity index (χ1v) is 15.4. The summed E-state index contributed by atoms with van der Waals surface area (Å²) in [7, 11) is -4.45. The van der Waals surface area contributed by atoms with E-state index in [4.69, 9.17) is 4.18 Å². The lowest BCUT2D eigenvalue weighted by molar-refractivity contribution is -0.144. The molecule has 16 heteroatoms. The molecule has 0 fully saturated rings. The van der Waals surface area contributed by atoms with Crippen molar-refractivity contribution in [3.63, 3.8) is 0 Å². The van der Waals surface area contributed by atoms with Crippen molar-refractivity contribution in [2.75, 3.05) is 26.2 Å². The molecule has 0 saturated carbocycles. The van der Waals surface area contributed by atoms with Gasteiger partial charge in [0.15, 0.2) is 5.60 Å². The van der Waals surface area contributed by atoms with E-state index in [9.17, 15) is 58.2 Å². The van der Waals surface area contributed by atoms with E-state index in [2.05, 4.69) is 0 Å². The van der Waals surface area contributed by atoms with Gasteiger partial charge in [-0.15, -0.1) is 0 Å². The summed E-state index contributed by atoms with van der Waals surface area (Å²) in [5.74, 6) is -5.86. The molecule has 15 nitrogen and oxygen atoms in total. The predicted octanol–water partition coefficient (Wildman–Crippen LogP) is 1.67. The zero-order chi connectivity index (χ0) is 34.8. The van der Waals surface area contributed by atoms with Crippen LogP contribution in [0.4, 0.5) is 0 Å². The van der Waals surface area contributed by atoms with E-state index in [1.807, 2.05) is 0 Å². The highest BCUT2D eigenvalue weighted by atomic mass is 32.2. The van der Waals surface area contributed by atoms with Crippen molar-refractivity contribution in [3.05, 3.63) is 87.5 Å². The Hall–Kier alpha value is -5.03. The van der Waals surface area contributed by atoms with Crippen LogP contribution in [0.2, 0.25) is 0 Å². The summed E-state index contributed by atoms with van der Waals surface area (Å²) in [6, 6.07) is 11.6. The number of benzene rings is 3. The highest BCUT2D eigenvalue weighted by Gasteiger charge is 2.52. The average molecular weight is 673 g/mol. The molecule has 1 aliphatic heterocycles. The highest BCUT2D eigenvalue weighted by Crippen LogP contribution is 2.52. The number of nitrogens with zero attached hydrogens (tertiary/aromatic N) is 2. The number of carbonyl (C=O) groups is 4. The van der Waals surface area contributed by atoms with Gasteiger partial charge in [0, 0.05) is 29.8 Å². The topological polar surface area (TPSA) is 240 Å². The first-order valence-electron chi connectivity index (χ1n) is 14.0. The molecule has 3 aromatic rings. The summed E-state index contributed by atoms with van der Waals surface area (Å²) in [4.78, 5) is 47.8. The van der Waals surface area contributed by atoms with E-state index in [0.717, 1.165) is 9.80 Å². The molecule has 0 saturated heterocycles. The van der Waals surface area contributed by atoms with E-state index < -0.39 is 65.8 Å². The first kappa shape index (κ1) is 34.8. The predicted molar refractivity (Wildman–Crippen MR) is 161 cm³/mol. The zero-order valence-corrected chi connectivity index (χ0v) is 26.0. The van der Waals surface area contributed by atoms with Crippen LogP contribution in [0.15, 0.2) is 53.4 Å². The van der Waals surface area contributed by atoms with Crippen molar-refractivity contribution < 1.29 is 62.4 Å². The maximum Gasteiger partial charge on any atom is 0.317 e. The van der Waals surface area contributed by atoms with Gasteiger partial charge in [-0.05, 0) is 66.4 Å². The Morgan fingerprint density at radius 3 is 1.45 bits per heavy atom. The van der Waals surface area contributed by atoms with Crippen molar-refractivity contribution in [1.29, 1.82) is 0 Å². The number of phenolic OH excluding ortho intramolecular Hbond substituents is 2. The fraction of sp³-hybridized carbons (Fsp3) is 0.290. The maximum atomic E-state index is 13.5. The second kappa shape index (κ2) is 13.4. The molecule has 0 atom stereocenters. The quantitative estimate of drug-likeness (QED) is 0.134. The molecule has 47 heavy (non-hydrogen) atoms. The monoisotopic (exact) mass is 672 g/mol. The highest BCUT2D eigenvalue weighted by molar-refractivity contribution is 7.87. The Morgan fingerprint density at radius 2 is 1.06 bits per heavy atom.